The number of carbonyl (C=O) groups excluding carboxylic acids is 1. The van der Waals surface area contributed by atoms with E-state index in [0.717, 1.165) is 26.2 Å². The third kappa shape index (κ3) is 3.04. The van der Waals surface area contributed by atoms with Gasteiger partial charge >= 0.3 is 6.01 Å². The minimum absolute atomic E-state index is 0.187. The van der Waals surface area contributed by atoms with Gasteiger partial charge in [-0.1, -0.05) is 25.9 Å². The van der Waals surface area contributed by atoms with Crippen LogP contribution in [0.3, 0.4) is 0 Å². The van der Waals surface area contributed by atoms with Crippen LogP contribution in [0.5, 0.6) is 0 Å². The summed E-state index contributed by atoms with van der Waals surface area (Å²) in [5.41, 5.74) is 0. The Kier molecular flexibility index (Phi) is 3.87. The van der Waals surface area contributed by atoms with Crippen LogP contribution in [0.4, 0.5) is 6.01 Å². The molecule has 2 aliphatic rings. The molecule has 0 bridgehead atoms. The fourth-order valence-corrected chi connectivity index (χ4v) is 2.79. The number of rotatable bonds is 4. The van der Waals surface area contributed by atoms with Crippen LogP contribution in [0.15, 0.2) is 4.42 Å². The van der Waals surface area contributed by atoms with Crippen molar-refractivity contribution in [1.29, 1.82) is 0 Å². The molecular formula is C15H24N4O2. The Balaban J connectivity index is 1.55. The predicted octanol–water partition coefficient (Wildman–Crippen LogP) is 1.89. The fourth-order valence-electron chi connectivity index (χ4n) is 2.79. The molecule has 0 radical (unpaired) electrons. The fraction of sp³-hybridized carbons (Fsp3) is 0.800. The van der Waals surface area contributed by atoms with E-state index in [4.69, 9.17) is 4.42 Å². The van der Waals surface area contributed by atoms with E-state index < -0.39 is 0 Å². The van der Waals surface area contributed by atoms with Crippen molar-refractivity contribution < 1.29 is 9.21 Å². The van der Waals surface area contributed by atoms with Gasteiger partial charge in [-0.15, -0.1) is 5.10 Å². The van der Waals surface area contributed by atoms with Crippen LogP contribution in [0.1, 0.15) is 45.4 Å². The quantitative estimate of drug-likeness (QED) is 0.848. The molecule has 1 atom stereocenters. The van der Waals surface area contributed by atoms with Crippen LogP contribution in [-0.4, -0.2) is 47.2 Å². The second-order valence-corrected chi connectivity index (χ2v) is 6.52. The first-order valence-electron chi connectivity index (χ1n) is 7.93. The molecule has 1 unspecified atom stereocenters. The van der Waals surface area contributed by atoms with Crippen LogP contribution in [0.2, 0.25) is 0 Å². The number of hydrogen-bond acceptors (Lipinski definition) is 5. The van der Waals surface area contributed by atoms with Gasteiger partial charge in [-0.25, -0.2) is 0 Å². The average Bonchev–Trinajstić information content (AvgIpc) is 3.22. The van der Waals surface area contributed by atoms with Gasteiger partial charge in [0.25, 0.3) is 0 Å². The van der Waals surface area contributed by atoms with Crippen molar-refractivity contribution >= 4 is 11.9 Å². The lowest BCUT2D eigenvalue weighted by molar-refractivity contribution is -0.136. The van der Waals surface area contributed by atoms with Crippen LogP contribution >= 0.6 is 0 Å². The van der Waals surface area contributed by atoms with Crippen LogP contribution < -0.4 is 4.90 Å². The summed E-state index contributed by atoms with van der Waals surface area (Å²) in [7, 11) is 0. The van der Waals surface area contributed by atoms with E-state index in [1.807, 2.05) is 18.7 Å². The molecule has 116 valence electrons. The molecule has 6 nitrogen and oxygen atoms in total. The van der Waals surface area contributed by atoms with E-state index in [1.165, 1.54) is 12.8 Å². The number of carbonyl (C=O) groups is 1. The molecule has 1 aromatic rings. The first kappa shape index (κ1) is 14.4. The lowest BCUT2D eigenvalue weighted by Crippen LogP contribution is -2.50. The van der Waals surface area contributed by atoms with E-state index >= 15 is 0 Å². The molecule has 2 heterocycles. The second-order valence-electron chi connectivity index (χ2n) is 6.52. The van der Waals surface area contributed by atoms with Crippen molar-refractivity contribution in [3.8, 4) is 0 Å². The van der Waals surface area contributed by atoms with Gasteiger partial charge in [0.2, 0.25) is 11.8 Å². The molecule has 1 aromatic heterocycles. The molecule has 0 N–H and O–H groups in total. The molecule has 21 heavy (non-hydrogen) atoms. The highest BCUT2D eigenvalue weighted by molar-refractivity contribution is 5.79. The summed E-state index contributed by atoms with van der Waals surface area (Å²) in [6.45, 7) is 9.16. The van der Waals surface area contributed by atoms with E-state index in [2.05, 4.69) is 22.0 Å². The summed E-state index contributed by atoms with van der Waals surface area (Å²) in [4.78, 5) is 16.4. The van der Waals surface area contributed by atoms with Gasteiger partial charge in [-0.2, -0.15) is 0 Å². The minimum atomic E-state index is 0.187. The standard InChI is InChI=1S/C15H24N4O2/c1-10(2)13-16-17-15(21-13)19-8-6-18(7-9-19)14(20)11(3)12-4-5-12/h10-12H,4-9H2,1-3H3. The largest absolute Gasteiger partial charge is 0.408 e. The maximum Gasteiger partial charge on any atom is 0.318 e. The molecule has 1 amide bonds. The highest BCUT2D eigenvalue weighted by atomic mass is 16.4. The number of hydrogen-bond donors (Lipinski definition) is 0. The molecule has 6 heteroatoms. The third-order valence-corrected chi connectivity index (χ3v) is 4.50. The molecule has 1 saturated heterocycles. The maximum atomic E-state index is 12.4. The van der Waals surface area contributed by atoms with Gasteiger partial charge in [-0.3, -0.25) is 4.79 Å². The van der Waals surface area contributed by atoms with Crippen LogP contribution in [0, 0.1) is 11.8 Å². The van der Waals surface area contributed by atoms with E-state index in [1.54, 1.807) is 0 Å². The van der Waals surface area contributed by atoms with Crippen molar-refractivity contribution in [2.75, 3.05) is 31.1 Å². The Morgan fingerprint density at radius 3 is 2.33 bits per heavy atom. The molecule has 1 saturated carbocycles. The maximum absolute atomic E-state index is 12.4. The predicted molar refractivity (Wildman–Crippen MR) is 79.1 cm³/mol. The number of nitrogens with zero attached hydrogens (tertiary/aromatic N) is 4. The van der Waals surface area contributed by atoms with Crippen LogP contribution in [-0.2, 0) is 4.79 Å². The van der Waals surface area contributed by atoms with Crippen LogP contribution in [0.25, 0.3) is 0 Å². The summed E-state index contributed by atoms with van der Waals surface area (Å²) < 4.78 is 5.68. The van der Waals surface area contributed by atoms with E-state index in [9.17, 15) is 4.79 Å². The van der Waals surface area contributed by atoms with Gasteiger partial charge in [-0.05, 0) is 18.8 Å². The van der Waals surface area contributed by atoms with Gasteiger partial charge < -0.3 is 14.2 Å². The molecular weight excluding hydrogens is 268 g/mol. The Labute approximate surface area is 125 Å². The number of amides is 1. The molecule has 1 aliphatic carbocycles. The Morgan fingerprint density at radius 1 is 1.14 bits per heavy atom. The lowest BCUT2D eigenvalue weighted by Gasteiger charge is -2.35. The first-order chi connectivity index (χ1) is 10.1. The second kappa shape index (κ2) is 5.66. The Morgan fingerprint density at radius 2 is 1.81 bits per heavy atom. The molecule has 2 fully saturated rings. The highest BCUT2D eigenvalue weighted by Crippen LogP contribution is 2.37. The summed E-state index contributed by atoms with van der Waals surface area (Å²) >= 11 is 0. The van der Waals surface area contributed by atoms with Crippen molar-refractivity contribution in [2.45, 2.75) is 39.5 Å². The normalized spacial score (nSPS) is 21.0. The molecule has 3 rings (SSSR count). The van der Waals surface area contributed by atoms with Crippen molar-refractivity contribution in [1.82, 2.24) is 15.1 Å². The average molecular weight is 292 g/mol. The number of piperazine rings is 1. The van der Waals surface area contributed by atoms with Crippen molar-refractivity contribution in [3.63, 3.8) is 0 Å². The molecule has 0 spiro atoms. The minimum Gasteiger partial charge on any atom is -0.408 e. The third-order valence-electron chi connectivity index (χ3n) is 4.50. The van der Waals surface area contributed by atoms with Gasteiger partial charge in [0.05, 0.1) is 0 Å². The lowest BCUT2D eigenvalue weighted by atomic mass is 10.0. The summed E-state index contributed by atoms with van der Waals surface area (Å²) in [5.74, 6) is 2.04. The number of aromatic nitrogens is 2. The van der Waals surface area contributed by atoms with Gasteiger partial charge in [0, 0.05) is 38.0 Å². The van der Waals surface area contributed by atoms with E-state index in [0.29, 0.717) is 23.7 Å². The topological polar surface area (TPSA) is 62.5 Å². The van der Waals surface area contributed by atoms with Crippen molar-refractivity contribution in [3.05, 3.63) is 5.89 Å². The summed E-state index contributed by atoms with van der Waals surface area (Å²) in [6, 6.07) is 0.584. The van der Waals surface area contributed by atoms with Gasteiger partial charge in [0.1, 0.15) is 0 Å². The smallest absolute Gasteiger partial charge is 0.318 e. The summed E-state index contributed by atoms with van der Waals surface area (Å²) in [5, 5.41) is 8.18. The Bertz CT molecular complexity index is 502. The van der Waals surface area contributed by atoms with Crippen molar-refractivity contribution in [2.24, 2.45) is 11.8 Å². The first-order valence-corrected chi connectivity index (χ1v) is 7.93. The molecule has 1 aliphatic heterocycles. The zero-order valence-electron chi connectivity index (χ0n) is 13.1. The van der Waals surface area contributed by atoms with E-state index in [-0.39, 0.29) is 11.8 Å². The monoisotopic (exact) mass is 292 g/mol. The number of anilines is 1. The highest BCUT2D eigenvalue weighted by Gasteiger charge is 2.36. The SMILES string of the molecule is CC(C)c1nnc(N2CCN(C(=O)C(C)C3CC3)CC2)o1. The zero-order chi connectivity index (χ0) is 15.0. The zero-order valence-corrected chi connectivity index (χ0v) is 13.1. The molecule has 0 aromatic carbocycles. The Hall–Kier alpha value is -1.59. The van der Waals surface area contributed by atoms with Gasteiger partial charge in [0.15, 0.2) is 0 Å². The summed E-state index contributed by atoms with van der Waals surface area (Å²) in [6.07, 6.45) is 2.43.